The molecule has 0 radical (unpaired) electrons. The molecule has 0 spiro atoms. The first-order valence-electron chi connectivity index (χ1n) is 7.92. The molecule has 0 aromatic carbocycles. The summed E-state index contributed by atoms with van der Waals surface area (Å²) in [5.74, 6) is 3.01. The highest BCUT2D eigenvalue weighted by molar-refractivity contribution is 5.45. The van der Waals surface area contributed by atoms with Crippen LogP contribution < -0.4 is 11.1 Å². The maximum Gasteiger partial charge on any atom is 0.138 e. The van der Waals surface area contributed by atoms with Crippen LogP contribution in [0.3, 0.4) is 0 Å². The zero-order valence-electron chi connectivity index (χ0n) is 13.8. The van der Waals surface area contributed by atoms with Crippen molar-refractivity contribution < 1.29 is 0 Å². The molecule has 1 aromatic rings. The molecule has 0 aliphatic carbocycles. The molecule has 1 aliphatic rings. The summed E-state index contributed by atoms with van der Waals surface area (Å²) in [6, 6.07) is 1.82. The number of likely N-dealkylation sites (tertiary alicyclic amines) is 1. The van der Waals surface area contributed by atoms with Gasteiger partial charge in [0.05, 0.1) is 0 Å². The number of nitrogens with zero attached hydrogens (tertiary/aromatic N) is 3. The second-order valence-corrected chi connectivity index (χ2v) is 7.21. The minimum absolute atomic E-state index is 0.0836. The van der Waals surface area contributed by atoms with Gasteiger partial charge in [-0.3, -0.25) is 0 Å². The number of nitrogens with one attached hydrogen (secondary N) is 1. The summed E-state index contributed by atoms with van der Waals surface area (Å²) in [7, 11) is 2.20. The van der Waals surface area contributed by atoms with Crippen LogP contribution in [0.15, 0.2) is 6.07 Å². The van der Waals surface area contributed by atoms with Crippen molar-refractivity contribution in [3.63, 3.8) is 0 Å². The summed E-state index contributed by atoms with van der Waals surface area (Å²) in [4.78, 5) is 11.3. The van der Waals surface area contributed by atoms with Gasteiger partial charge in [0, 0.05) is 18.0 Å². The molecule has 0 unspecified atom stereocenters. The Morgan fingerprint density at radius 1 is 1.29 bits per heavy atom. The average Bonchev–Trinajstić information content (AvgIpc) is 2.39. The topological polar surface area (TPSA) is 67.1 Å². The summed E-state index contributed by atoms with van der Waals surface area (Å²) in [5, 5.41) is 3.41. The highest BCUT2D eigenvalue weighted by Crippen LogP contribution is 2.22. The van der Waals surface area contributed by atoms with Crippen molar-refractivity contribution in [2.45, 2.75) is 45.4 Å². The molecule has 0 atom stereocenters. The lowest BCUT2D eigenvalue weighted by Gasteiger charge is -2.29. The van der Waals surface area contributed by atoms with Gasteiger partial charge in [0.2, 0.25) is 0 Å². The van der Waals surface area contributed by atoms with E-state index < -0.39 is 0 Å². The Morgan fingerprint density at radius 2 is 1.95 bits per heavy atom. The molecule has 0 bridgehead atoms. The number of hydrogen-bond acceptors (Lipinski definition) is 5. The smallest absolute Gasteiger partial charge is 0.138 e. The van der Waals surface area contributed by atoms with Crippen LogP contribution in [0.2, 0.25) is 0 Å². The lowest BCUT2D eigenvalue weighted by atomic mass is 9.94. The minimum atomic E-state index is -0.0836. The van der Waals surface area contributed by atoms with Crippen LogP contribution in [-0.4, -0.2) is 41.5 Å². The molecule has 5 heteroatoms. The summed E-state index contributed by atoms with van der Waals surface area (Å²) in [6.45, 7) is 9.70. The number of nitrogens with two attached hydrogens (primary N) is 1. The van der Waals surface area contributed by atoms with Gasteiger partial charge in [-0.05, 0) is 45.3 Å². The lowest BCUT2D eigenvalue weighted by Crippen LogP contribution is -2.31. The van der Waals surface area contributed by atoms with E-state index in [9.17, 15) is 0 Å². The molecule has 3 N–H and O–H groups in total. The molecule has 1 fully saturated rings. The van der Waals surface area contributed by atoms with Gasteiger partial charge >= 0.3 is 0 Å². The summed E-state index contributed by atoms with van der Waals surface area (Å²) < 4.78 is 0. The third-order valence-corrected chi connectivity index (χ3v) is 4.11. The van der Waals surface area contributed by atoms with Crippen LogP contribution in [0.4, 0.5) is 11.6 Å². The molecular formula is C16H29N5. The molecule has 5 nitrogen and oxygen atoms in total. The third kappa shape index (κ3) is 4.84. The Balaban J connectivity index is 1.87. The molecule has 0 amide bonds. The van der Waals surface area contributed by atoms with Crippen LogP contribution in [0.1, 0.15) is 45.9 Å². The van der Waals surface area contributed by atoms with Gasteiger partial charge in [-0.15, -0.1) is 0 Å². The Hall–Kier alpha value is -1.36. The first kappa shape index (κ1) is 16.0. The highest BCUT2D eigenvalue weighted by atomic mass is 15.1. The predicted octanol–water partition coefficient (Wildman–Crippen LogP) is 2.50. The molecule has 2 rings (SSSR count). The molecule has 118 valence electrons. The number of anilines is 2. The van der Waals surface area contributed by atoms with Crippen molar-refractivity contribution in [2.75, 3.05) is 37.7 Å². The maximum absolute atomic E-state index is 5.89. The normalized spacial score (nSPS) is 17.9. The molecule has 21 heavy (non-hydrogen) atoms. The number of rotatable bonds is 4. The third-order valence-electron chi connectivity index (χ3n) is 4.11. The van der Waals surface area contributed by atoms with Crippen LogP contribution in [0.5, 0.6) is 0 Å². The quantitative estimate of drug-likeness (QED) is 0.892. The van der Waals surface area contributed by atoms with Crippen molar-refractivity contribution >= 4 is 11.6 Å². The largest absolute Gasteiger partial charge is 0.384 e. The van der Waals surface area contributed by atoms with E-state index in [1.165, 1.54) is 32.4 Å². The van der Waals surface area contributed by atoms with Gasteiger partial charge in [0.1, 0.15) is 17.5 Å². The molecule has 1 aromatic heterocycles. The van der Waals surface area contributed by atoms with E-state index in [0.717, 1.165) is 24.1 Å². The van der Waals surface area contributed by atoms with Crippen LogP contribution in [0.25, 0.3) is 0 Å². The molecule has 1 saturated heterocycles. The lowest BCUT2D eigenvalue weighted by molar-refractivity contribution is 0.215. The Morgan fingerprint density at radius 3 is 2.57 bits per heavy atom. The summed E-state index contributed by atoms with van der Waals surface area (Å²) in [5.41, 5.74) is 5.81. The second-order valence-electron chi connectivity index (χ2n) is 7.21. The van der Waals surface area contributed by atoms with Crippen molar-refractivity contribution in [3.8, 4) is 0 Å². The monoisotopic (exact) mass is 291 g/mol. The van der Waals surface area contributed by atoms with Gasteiger partial charge in [0.25, 0.3) is 0 Å². The number of aromatic nitrogens is 2. The Bertz CT molecular complexity index is 458. The van der Waals surface area contributed by atoms with E-state index in [-0.39, 0.29) is 5.41 Å². The van der Waals surface area contributed by atoms with E-state index in [4.69, 9.17) is 5.73 Å². The van der Waals surface area contributed by atoms with E-state index >= 15 is 0 Å². The van der Waals surface area contributed by atoms with Crippen LogP contribution >= 0.6 is 0 Å². The van der Waals surface area contributed by atoms with Crippen molar-refractivity contribution in [2.24, 2.45) is 5.92 Å². The number of nitrogen functional groups attached to an aromatic ring is 1. The molecular weight excluding hydrogens is 262 g/mol. The molecule has 2 heterocycles. The van der Waals surface area contributed by atoms with Crippen molar-refractivity contribution in [1.29, 1.82) is 0 Å². The van der Waals surface area contributed by atoms with E-state index in [1.807, 2.05) is 6.07 Å². The maximum atomic E-state index is 5.89. The van der Waals surface area contributed by atoms with Gasteiger partial charge in [-0.1, -0.05) is 20.8 Å². The first-order chi connectivity index (χ1) is 9.84. The predicted molar refractivity (Wildman–Crippen MR) is 88.5 cm³/mol. The van der Waals surface area contributed by atoms with Crippen molar-refractivity contribution in [3.05, 3.63) is 11.9 Å². The highest BCUT2D eigenvalue weighted by Gasteiger charge is 2.19. The van der Waals surface area contributed by atoms with Crippen LogP contribution in [0, 0.1) is 5.92 Å². The number of hydrogen-bond donors (Lipinski definition) is 2. The zero-order chi connectivity index (χ0) is 15.5. The summed E-state index contributed by atoms with van der Waals surface area (Å²) >= 11 is 0. The fraction of sp³-hybridized carbons (Fsp3) is 0.750. The first-order valence-corrected chi connectivity index (χ1v) is 7.92. The molecule has 0 saturated carbocycles. The Kier molecular flexibility index (Phi) is 5.04. The molecule has 1 aliphatic heterocycles. The summed E-state index contributed by atoms with van der Waals surface area (Å²) in [6.07, 6.45) is 3.80. The van der Waals surface area contributed by atoms with Gasteiger partial charge < -0.3 is 16.0 Å². The van der Waals surface area contributed by atoms with Crippen LogP contribution in [-0.2, 0) is 5.41 Å². The van der Waals surface area contributed by atoms with Crippen molar-refractivity contribution in [1.82, 2.24) is 14.9 Å². The fourth-order valence-corrected chi connectivity index (χ4v) is 2.65. The fourth-order valence-electron chi connectivity index (χ4n) is 2.65. The standard InChI is InChI=1S/C16H29N5/c1-16(2,3)15-19-13(17)11-14(20-15)18-8-5-12-6-9-21(4)10-7-12/h11-12H,5-10H2,1-4H3,(H3,17,18,19,20). The van der Waals surface area contributed by atoms with Gasteiger partial charge in [-0.2, -0.15) is 0 Å². The average molecular weight is 291 g/mol. The van der Waals surface area contributed by atoms with E-state index in [0.29, 0.717) is 5.82 Å². The van der Waals surface area contributed by atoms with E-state index in [1.54, 1.807) is 0 Å². The van der Waals surface area contributed by atoms with E-state index in [2.05, 4.69) is 48.0 Å². The van der Waals surface area contributed by atoms with Gasteiger partial charge in [-0.25, -0.2) is 9.97 Å². The second kappa shape index (κ2) is 6.60. The Labute approximate surface area is 128 Å². The minimum Gasteiger partial charge on any atom is -0.384 e. The SMILES string of the molecule is CN1CCC(CCNc2cc(N)nc(C(C)(C)C)n2)CC1. The zero-order valence-corrected chi connectivity index (χ0v) is 13.8. The van der Waals surface area contributed by atoms with Gasteiger partial charge in [0.15, 0.2) is 0 Å². The number of piperidine rings is 1.